The molecule has 0 bridgehead atoms. The highest BCUT2D eigenvalue weighted by Crippen LogP contribution is 2.05. The van der Waals surface area contributed by atoms with Crippen molar-refractivity contribution in [1.82, 2.24) is 0 Å². The summed E-state index contributed by atoms with van der Waals surface area (Å²) in [6, 6.07) is 0. The van der Waals surface area contributed by atoms with E-state index in [-0.39, 0.29) is 5.57 Å². The Bertz CT molecular complexity index is 190. The summed E-state index contributed by atoms with van der Waals surface area (Å²) in [5.74, 6) is -0.912. The highest BCUT2D eigenvalue weighted by atomic mass is 16.4. The number of aliphatic carboxylic acids is 1. The topological polar surface area (TPSA) is 37.3 Å². The molecule has 2 heteroatoms. The van der Waals surface area contributed by atoms with E-state index in [2.05, 4.69) is 6.58 Å². The number of carboxylic acids is 1. The van der Waals surface area contributed by atoms with E-state index in [1.165, 1.54) is 5.57 Å². The van der Waals surface area contributed by atoms with Crippen LogP contribution in [0.1, 0.15) is 26.7 Å². The number of rotatable bonds is 4. The first-order chi connectivity index (χ1) is 5.07. The van der Waals surface area contributed by atoms with Gasteiger partial charge in [-0.3, -0.25) is 0 Å². The molecule has 0 aromatic rings. The Morgan fingerprint density at radius 1 is 1.64 bits per heavy atom. The molecule has 0 aliphatic heterocycles. The molecule has 0 saturated carbocycles. The lowest BCUT2D eigenvalue weighted by Crippen LogP contribution is -1.97. The van der Waals surface area contributed by atoms with Gasteiger partial charge >= 0.3 is 5.97 Å². The Balaban J connectivity index is 3.88. The fraction of sp³-hybridized carbons (Fsp3) is 0.444. The third kappa shape index (κ3) is 4.37. The normalized spacial score (nSPS) is 11.3. The summed E-state index contributed by atoms with van der Waals surface area (Å²) in [6.45, 7) is 7.43. The second-order valence-electron chi connectivity index (χ2n) is 2.52. The van der Waals surface area contributed by atoms with Crippen LogP contribution >= 0.6 is 0 Å². The molecule has 0 heterocycles. The standard InChI is InChI=1S/C9H14O2/c1-4-7(2)5-6-8(3)9(10)11/h5H,3-4,6H2,1-2H3,(H,10,11)/b7-5+. The van der Waals surface area contributed by atoms with Crippen LogP contribution in [0.3, 0.4) is 0 Å². The predicted molar refractivity (Wildman–Crippen MR) is 45.4 cm³/mol. The van der Waals surface area contributed by atoms with Gasteiger partial charge in [-0.25, -0.2) is 4.79 Å². The van der Waals surface area contributed by atoms with Crippen LogP contribution in [0.4, 0.5) is 0 Å². The summed E-state index contributed by atoms with van der Waals surface area (Å²) in [5.41, 5.74) is 1.45. The van der Waals surface area contributed by atoms with Crippen LogP contribution in [0, 0.1) is 0 Å². The van der Waals surface area contributed by atoms with Crippen LogP contribution < -0.4 is 0 Å². The summed E-state index contributed by atoms with van der Waals surface area (Å²) in [6.07, 6.45) is 3.32. The van der Waals surface area contributed by atoms with Crippen molar-refractivity contribution < 1.29 is 9.90 Å². The van der Waals surface area contributed by atoms with Gasteiger partial charge in [0.05, 0.1) is 0 Å². The number of carbonyl (C=O) groups is 1. The molecule has 0 aromatic heterocycles. The lowest BCUT2D eigenvalue weighted by atomic mass is 10.1. The Kier molecular flexibility index (Phi) is 4.27. The highest BCUT2D eigenvalue weighted by Gasteiger charge is 2.00. The smallest absolute Gasteiger partial charge is 0.331 e. The van der Waals surface area contributed by atoms with Crippen LogP contribution in [0.5, 0.6) is 0 Å². The number of allylic oxidation sites excluding steroid dienone is 2. The molecule has 0 saturated heterocycles. The maximum absolute atomic E-state index is 10.3. The van der Waals surface area contributed by atoms with Gasteiger partial charge in [0.1, 0.15) is 0 Å². The summed E-state index contributed by atoms with van der Waals surface area (Å²) >= 11 is 0. The van der Waals surface area contributed by atoms with E-state index in [1.807, 2.05) is 19.9 Å². The molecule has 0 aromatic carbocycles. The van der Waals surface area contributed by atoms with Crippen molar-refractivity contribution in [2.24, 2.45) is 0 Å². The summed E-state index contributed by atoms with van der Waals surface area (Å²) in [7, 11) is 0. The maximum Gasteiger partial charge on any atom is 0.331 e. The van der Waals surface area contributed by atoms with E-state index < -0.39 is 5.97 Å². The first-order valence-corrected chi connectivity index (χ1v) is 3.64. The van der Waals surface area contributed by atoms with Crippen molar-refractivity contribution in [3.8, 4) is 0 Å². The molecule has 1 N–H and O–H groups in total. The Labute approximate surface area is 67.2 Å². The monoisotopic (exact) mass is 154 g/mol. The van der Waals surface area contributed by atoms with Gasteiger partial charge < -0.3 is 5.11 Å². The molecular formula is C9H14O2. The third-order valence-corrected chi connectivity index (χ3v) is 1.56. The molecule has 0 atom stereocenters. The lowest BCUT2D eigenvalue weighted by molar-refractivity contribution is -0.132. The van der Waals surface area contributed by atoms with Gasteiger partial charge in [0.15, 0.2) is 0 Å². The van der Waals surface area contributed by atoms with E-state index in [0.29, 0.717) is 6.42 Å². The molecule has 0 fully saturated rings. The van der Waals surface area contributed by atoms with E-state index in [0.717, 1.165) is 6.42 Å². The number of hydrogen-bond donors (Lipinski definition) is 1. The van der Waals surface area contributed by atoms with Gasteiger partial charge in [-0.05, 0) is 19.8 Å². The van der Waals surface area contributed by atoms with E-state index in [4.69, 9.17) is 5.11 Å². The van der Waals surface area contributed by atoms with Crippen LogP contribution in [0.15, 0.2) is 23.8 Å². The molecular weight excluding hydrogens is 140 g/mol. The Hall–Kier alpha value is -1.05. The summed E-state index contributed by atoms with van der Waals surface area (Å²) < 4.78 is 0. The minimum absolute atomic E-state index is 0.248. The van der Waals surface area contributed by atoms with Gasteiger partial charge in [0.25, 0.3) is 0 Å². The number of carboxylic acid groups (broad SMARTS) is 1. The minimum atomic E-state index is -0.912. The summed E-state index contributed by atoms with van der Waals surface area (Å²) in [5, 5.41) is 8.44. The van der Waals surface area contributed by atoms with Gasteiger partial charge in [-0.2, -0.15) is 0 Å². The van der Waals surface area contributed by atoms with E-state index in [9.17, 15) is 4.79 Å². The molecule has 0 radical (unpaired) electrons. The fourth-order valence-electron chi connectivity index (χ4n) is 0.529. The van der Waals surface area contributed by atoms with E-state index in [1.54, 1.807) is 0 Å². The number of hydrogen-bond acceptors (Lipinski definition) is 1. The predicted octanol–water partition coefficient (Wildman–Crippen LogP) is 2.37. The van der Waals surface area contributed by atoms with E-state index >= 15 is 0 Å². The fourth-order valence-corrected chi connectivity index (χ4v) is 0.529. The van der Waals surface area contributed by atoms with Crippen molar-refractivity contribution in [2.45, 2.75) is 26.7 Å². The maximum atomic E-state index is 10.3. The largest absolute Gasteiger partial charge is 0.478 e. The molecule has 0 aliphatic rings. The first kappa shape index (κ1) is 9.95. The molecule has 62 valence electrons. The highest BCUT2D eigenvalue weighted by molar-refractivity contribution is 5.86. The average molecular weight is 154 g/mol. The first-order valence-electron chi connectivity index (χ1n) is 3.64. The van der Waals surface area contributed by atoms with Crippen molar-refractivity contribution in [2.75, 3.05) is 0 Å². The van der Waals surface area contributed by atoms with Gasteiger partial charge in [0.2, 0.25) is 0 Å². The van der Waals surface area contributed by atoms with Crippen molar-refractivity contribution >= 4 is 5.97 Å². The van der Waals surface area contributed by atoms with Crippen LogP contribution in [-0.2, 0) is 4.79 Å². The average Bonchev–Trinajstić information content (AvgIpc) is 1.99. The second-order valence-corrected chi connectivity index (χ2v) is 2.52. The molecule has 11 heavy (non-hydrogen) atoms. The van der Waals surface area contributed by atoms with Crippen LogP contribution in [-0.4, -0.2) is 11.1 Å². The van der Waals surface area contributed by atoms with Crippen molar-refractivity contribution in [3.63, 3.8) is 0 Å². The molecule has 0 unspecified atom stereocenters. The quantitative estimate of drug-likeness (QED) is 0.498. The molecule has 0 spiro atoms. The minimum Gasteiger partial charge on any atom is -0.478 e. The van der Waals surface area contributed by atoms with Crippen LogP contribution in [0.2, 0.25) is 0 Å². The lowest BCUT2D eigenvalue weighted by Gasteiger charge is -1.96. The molecule has 2 nitrogen and oxygen atoms in total. The zero-order chi connectivity index (χ0) is 8.85. The zero-order valence-corrected chi connectivity index (χ0v) is 7.05. The molecule has 0 amide bonds. The van der Waals surface area contributed by atoms with Gasteiger partial charge in [-0.15, -0.1) is 0 Å². The molecule has 0 aliphatic carbocycles. The Morgan fingerprint density at radius 3 is 2.55 bits per heavy atom. The van der Waals surface area contributed by atoms with Crippen molar-refractivity contribution in [3.05, 3.63) is 23.8 Å². The zero-order valence-electron chi connectivity index (χ0n) is 7.05. The third-order valence-electron chi connectivity index (χ3n) is 1.56. The van der Waals surface area contributed by atoms with Gasteiger partial charge in [-0.1, -0.05) is 25.2 Å². The van der Waals surface area contributed by atoms with Crippen molar-refractivity contribution in [1.29, 1.82) is 0 Å². The SMILES string of the molecule is C=C(C/C=C(\C)CC)C(=O)O. The van der Waals surface area contributed by atoms with Crippen LogP contribution in [0.25, 0.3) is 0 Å². The summed E-state index contributed by atoms with van der Waals surface area (Å²) in [4.78, 5) is 10.3. The van der Waals surface area contributed by atoms with Gasteiger partial charge in [0, 0.05) is 5.57 Å². The Morgan fingerprint density at radius 2 is 2.18 bits per heavy atom. The molecule has 0 rings (SSSR count). The second kappa shape index (κ2) is 4.72.